The molecule has 2 rings (SSSR count). The van der Waals surface area contributed by atoms with Crippen molar-refractivity contribution in [3.8, 4) is 5.75 Å². The minimum Gasteiger partial charge on any atom is -0.508 e. The Morgan fingerprint density at radius 2 is 1.85 bits per heavy atom. The number of nitrogens with one attached hydrogen (secondary N) is 2. The Labute approximate surface area is 118 Å². The van der Waals surface area contributed by atoms with Gasteiger partial charge in [-0.3, -0.25) is 0 Å². The van der Waals surface area contributed by atoms with Gasteiger partial charge >= 0.3 is 0 Å². The average Bonchev–Trinajstić information content (AvgIpc) is 2.45. The monoisotopic (exact) mass is 292 g/mol. The van der Waals surface area contributed by atoms with Crippen molar-refractivity contribution in [1.82, 2.24) is 4.72 Å². The van der Waals surface area contributed by atoms with Crippen LogP contribution in [0.4, 0.5) is 5.69 Å². The highest BCUT2D eigenvalue weighted by Gasteiger charge is 2.11. The van der Waals surface area contributed by atoms with Crippen molar-refractivity contribution < 1.29 is 13.5 Å². The zero-order valence-electron chi connectivity index (χ0n) is 11.0. The Hall–Kier alpha value is -2.05. The molecule has 0 aliphatic rings. The fraction of sp³-hybridized carbons (Fsp3) is 0.143. The molecule has 0 aromatic heterocycles. The molecule has 0 aliphatic carbocycles. The molecule has 3 N–H and O–H groups in total. The maximum Gasteiger partial charge on any atom is 0.240 e. The highest BCUT2D eigenvalue weighted by Crippen LogP contribution is 2.17. The van der Waals surface area contributed by atoms with Crippen LogP contribution in [-0.2, 0) is 16.6 Å². The number of rotatable bonds is 5. The zero-order valence-corrected chi connectivity index (χ0v) is 11.8. The van der Waals surface area contributed by atoms with Crippen LogP contribution >= 0.6 is 0 Å². The molecule has 0 amide bonds. The molecule has 0 heterocycles. The SMILES string of the molecule is CNS(=O)(=O)c1cccc(NCc2cccc(O)c2)c1. The van der Waals surface area contributed by atoms with Crippen LogP contribution in [0.3, 0.4) is 0 Å². The zero-order chi connectivity index (χ0) is 14.6. The van der Waals surface area contributed by atoms with Gasteiger partial charge in [0.25, 0.3) is 0 Å². The van der Waals surface area contributed by atoms with Crippen LogP contribution in [0.5, 0.6) is 5.75 Å². The van der Waals surface area contributed by atoms with Crippen LogP contribution in [0.15, 0.2) is 53.4 Å². The summed E-state index contributed by atoms with van der Waals surface area (Å²) in [7, 11) is -2.06. The molecule has 106 valence electrons. The van der Waals surface area contributed by atoms with Crippen molar-refractivity contribution in [2.24, 2.45) is 0 Å². The number of benzene rings is 2. The van der Waals surface area contributed by atoms with E-state index in [2.05, 4.69) is 10.0 Å². The van der Waals surface area contributed by atoms with Gasteiger partial charge in [-0.05, 0) is 42.9 Å². The summed E-state index contributed by atoms with van der Waals surface area (Å²) in [5.74, 6) is 0.204. The maximum absolute atomic E-state index is 11.7. The summed E-state index contributed by atoms with van der Waals surface area (Å²) in [6.45, 7) is 0.497. The van der Waals surface area contributed by atoms with Gasteiger partial charge in [0.1, 0.15) is 5.75 Å². The van der Waals surface area contributed by atoms with E-state index < -0.39 is 10.0 Å². The number of aromatic hydroxyl groups is 1. The standard InChI is InChI=1S/C14H16N2O3S/c1-15-20(18,19)14-7-3-5-12(9-14)16-10-11-4-2-6-13(17)8-11/h2-9,15-17H,10H2,1H3. The summed E-state index contributed by atoms with van der Waals surface area (Å²) in [5, 5.41) is 12.5. The Kier molecular flexibility index (Phi) is 4.26. The lowest BCUT2D eigenvalue weighted by Crippen LogP contribution is -2.18. The van der Waals surface area contributed by atoms with E-state index in [4.69, 9.17) is 0 Å². The summed E-state index contributed by atoms with van der Waals surface area (Å²) >= 11 is 0. The van der Waals surface area contributed by atoms with Crippen molar-refractivity contribution in [3.05, 3.63) is 54.1 Å². The fourth-order valence-electron chi connectivity index (χ4n) is 1.76. The number of phenols is 1. The smallest absolute Gasteiger partial charge is 0.240 e. The molecule has 2 aromatic rings. The van der Waals surface area contributed by atoms with Crippen molar-refractivity contribution in [3.63, 3.8) is 0 Å². The van der Waals surface area contributed by atoms with E-state index in [1.165, 1.54) is 13.1 Å². The van der Waals surface area contributed by atoms with Crippen LogP contribution in [-0.4, -0.2) is 20.6 Å². The van der Waals surface area contributed by atoms with E-state index >= 15 is 0 Å². The van der Waals surface area contributed by atoms with Crippen LogP contribution < -0.4 is 10.0 Å². The molecule has 0 spiro atoms. The van der Waals surface area contributed by atoms with Gasteiger partial charge in [0.2, 0.25) is 10.0 Å². The van der Waals surface area contributed by atoms with E-state index in [1.807, 2.05) is 6.07 Å². The predicted molar refractivity (Wildman–Crippen MR) is 78.1 cm³/mol. The molecule has 0 saturated heterocycles. The van der Waals surface area contributed by atoms with E-state index in [0.717, 1.165) is 5.56 Å². The predicted octanol–water partition coefficient (Wildman–Crippen LogP) is 1.91. The normalized spacial score (nSPS) is 11.2. The van der Waals surface area contributed by atoms with Crippen LogP contribution in [0.1, 0.15) is 5.56 Å². The van der Waals surface area contributed by atoms with Crippen molar-refractivity contribution >= 4 is 15.7 Å². The molecule has 0 bridgehead atoms. The van der Waals surface area contributed by atoms with Gasteiger partial charge in [-0.2, -0.15) is 0 Å². The minimum absolute atomic E-state index is 0.204. The fourth-order valence-corrected chi connectivity index (χ4v) is 2.54. The summed E-state index contributed by atoms with van der Waals surface area (Å²) in [4.78, 5) is 0.209. The van der Waals surface area contributed by atoms with Gasteiger partial charge in [-0.15, -0.1) is 0 Å². The first-order chi connectivity index (χ1) is 9.51. The Morgan fingerprint density at radius 1 is 1.10 bits per heavy atom. The molecule has 2 aromatic carbocycles. The first-order valence-corrected chi connectivity index (χ1v) is 7.55. The molecule has 5 nitrogen and oxygen atoms in total. The second kappa shape index (κ2) is 5.94. The summed E-state index contributed by atoms with van der Waals surface area (Å²) in [6.07, 6.45) is 0. The summed E-state index contributed by atoms with van der Waals surface area (Å²) < 4.78 is 25.7. The minimum atomic E-state index is -3.44. The molecule has 20 heavy (non-hydrogen) atoms. The largest absolute Gasteiger partial charge is 0.508 e. The quantitative estimate of drug-likeness (QED) is 0.786. The third kappa shape index (κ3) is 3.49. The van der Waals surface area contributed by atoms with Crippen LogP contribution in [0, 0.1) is 0 Å². The number of phenolic OH excluding ortho intramolecular Hbond substituents is 1. The lowest BCUT2D eigenvalue weighted by atomic mass is 10.2. The maximum atomic E-state index is 11.7. The number of hydrogen-bond donors (Lipinski definition) is 3. The number of anilines is 1. The van der Waals surface area contributed by atoms with Crippen molar-refractivity contribution in [1.29, 1.82) is 0 Å². The Balaban J connectivity index is 2.13. The van der Waals surface area contributed by atoms with E-state index in [9.17, 15) is 13.5 Å². The molecule has 0 saturated carbocycles. The number of hydrogen-bond acceptors (Lipinski definition) is 4. The lowest BCUT2D eigenvalue weighted by Gasteiger charge is -2.09. The van der Waals surface area contributed by atoms with Gasteiger partial charge in [0, 0.05) is 12.2 Å². The van der Waals surface area contributed by atoms with Gasteiger partial charge in [0.15, 0.2) is 0 Å². The van der Waals surface area contributed by atoms with Gasteiger partial charge < -0.3 is 10.4 Å². The Bertz CT molecular complexity index is 699. The van der Waals surface area contributed by atoms with Crippen molar-refractivity contribution in [2.45, 2.75) is 11.4 Å². The number of sulfonamides is 1. The highest BCUT2D eigenvalue weighted by atomic mass is 32.2. The van der Waals surface area contributed by atoms with Crippen LogP contribution in [0.2, 0.25) is 0 Å². The summed E-state index contributed by atoms with van der Waals surface area (Å²) in [5.41, 5.74) is 1.61. The van der Waals surface area contributed by atoms with Gasteiger partial charge in [-0.25, -0.2) is 13.1 Å². The first kappa shape index (κ1) is 14.4. The molecular formula is C14H16N2O3S. The molecule has 0 atom stereocenters. The topological polar surface area (TPSA) is 78.4 Å². The van der Waals surface area contributed by atoms with E-state index in [1.54, 1.807) is 36.4 Å². The lowest BCUT2D eigenvalue weighted by molar-refractivity contribution is 0.474. The third-order valence-electron chi connectivity index (χ3n) is 2.82. The second-order valence-corrected chi connectivity index (χ2v) is 6.15. The Morgan fingerprint density at radius 3 is 2.55 bits per heavy atom. The van der Waals surface area contributed by atoms with Crippen molar-refractivity contribution in [2.75, 3.05) is 12.4 Å². The molecular weight excluding hydrogens is 276 g/mol. The second-order valence-electron chi connectivity index (χ2n) is 4.26. The average molecular weight is 292 g/mol. The van der Waals surface area contributed by atoms with E-state index in [0.29, 0.717) is 12.2 Å². The van der Waals surface area contributed by atoms with Gasteiger partial charge in [0.05, 0.1) is 4.90 Å². The molecule has 0 fully saturated rings. The molecule has 0 unspecified atom stereocenters. The molecule has 0 radical (unpaired) electrons. The summed E-state index contributed by atoms with van der Waals surface area (Å²) in [6, 6.07) is 13.5. The van der Waals surface area contributed by atoms with E-state index in [-0.39, 0.29) is 10.6 Å². The third-order valence-corrected chi connectivity index (χ3v) is 4.23. The van der Waals surface area contributed by atoms with Gasteiger partial charge in [-0.1, -0.05) is 18.2 Å². The highest BCUT2D eigenvalue weighted by molar-refractivity contribution is 7.89. The van der Waals surface area contributed by atoms with Crippen LogP contribution in [0.25, 0.3) is 0 Å². The molecule has 0 aliphatic heterocycles. The first-order valence-electron chi connectivity index (χ1n) is 6.07. The molecule has 6 heteroatoms.